The molecule has 1 rings (SSSR count). The molecule has 0 aliphatic heterocycles. The molecule has 1 aromatic carbocycles. The third-order valence-corrected chi connectivity index (χ3v) is 3.48. The van der Waals surface area contributed by atoms with Crippen molar-refractivity contribution in [1.82, 2.24) is 5.32 Å². The van der Waals surface area contributed by atoms with Crippen LogP contribution in [0, 0.1) is 5.41 Å². The van der Waals surface area contributed by atoms with Crippen molar-refractivity contribution in [3.63, 3.8) is 0 Å². The summed E-state index contributed by atoms with van der Waals surface area (Å²) in [6.07, 6.45) is 0.958. The highest BCUT2D eigenvalue weighted by atomic mass is 35.5. The quantitative estimate of drug-likeness (QED) is 0.586. The van der Waals surface area contributed by atoms with Crippen LogP contribution in [-0.2, 0) is 0 Å². The third kappa shape index (κ3) is 5.59. The number of methoxy groups -OCH3 is 1. The first-order valence-electron chi connectivity index (χ1n) is 7.04. The Hall–Kier alpha value is -0.930. The summed E-state index contributed by atoms with van der Waals surface area (Å²) in [6, 6.07) is 8.07. The van der Waals surface area contributed by atoms with Gasteiger partial charge < -0.3 is 14.8 Å². The Morgan fingerprint density at radius 1 is 1.20 bits per heavy atom. The van der Waals surface area contributed by atoms with E-state index in [4.69, 9.17) is 21.1 Å². The fourth-order valence-corrected chi connectivity index (χ4v) is 2.30. The Balaban J connectivity index is 2.40. The van der Waals surface area contributed by atoms with E-state index in [0.29, 0.717) is 18.5 Å². The molecule has 4 heteroatoms. The predicted octanol–water partition coefficient (Wildman–Crippen LogP) is 3.71. The molecule has 3 nitrogen and oxygen atoms in total. The maximum atomic E-state index is 5.86. The van der Waals surface area contributed by atoms with E-state index in [1.54, 1.807) is 7.11 Å². The van der Waals surface area contributed by atoms with E-state index in [2.05, 4.69) is 26.1 Å². The summed E-state index contributed by atoms with van der Waals surface area (Å²) in [5.74, 6) is 2.21. The number of ether oxygens (including phenoxy) is 2. The summed E-state index contributed by atoms with van der Waals surface area (Å²) in [5, 5.41) is 3.52. The van der Waals surface area contributed by atoms with E-state index in [1.165, 1.54) is 0 Å². The Morgan fingerprint density at radius 3 is 2.40 bits per heavy atom. The van der Waals surface area contributed by atoms with Crippen LogP contribution in [0.15, 0.2) is 24.3 Å². The van der Waals surface area contributed by atoms with Crippen LogP contribution in [0.1, 0.15) is 27.2 Å². The molecule has 0 radical (unpaired) electrons. The standard InChI is InChI=1S/C16H26ClNO2/c1-16(2,3)15(9-10-17)18-11-12-20-14-8-6-5-7-13(14)19-4/h5-8,15,18H,9-12H2,1-4H3. The Kier molecular flexibility index (Phi) is 7.17. The van der Waals surface area contributed by atoms with E-state index >= 15 is 0 Å². The highest BCUT2D eigenvalue weighted by Gasteiger charge is 2.23. The van der Waals surface area contributed by atoms with Crippen LogP contribution in [0.5, 0.6) is 11.5 Å². The number of benzene rings is 1. The number of rotatable bonds is 8. The summed E-state index contributed by atoms with van der Waals surface area (Å²) in [7, 11) is 1.65. The minimum atomic E-state index is 0.194. The van der Waals surface area contributed by atoms with Crippen molar-refractivity contribution in [3.8, 4) is 11.5 Å². The monoisotopic (exact) mass is 299 g/mol. The summed E-state index contributed by atoms with van der Waals surface area (Å²) < 4.78 is 11.0. The van der Waals surface area contributed by atoms with Crippen LogP contribution in [0.25, 0.3) is 0 Å². The molecular formula is C16H26ClNO2. The van der Waals surface area contributed by atoms with Gasteiger partial charge in [-0.05, 0) is 24.0 Å². The molecule has 1 atom stereocenters. The van der Waals surface area contributed by atoms with E-state index in [0.717, 1.165) is 24.5 Å². The molecule has 0 heterocycles. The number of hydrogen-bond acceptors (Lipinski definition) is 3. The summed E-state index contributed by atoms with van der Waals surface area (Å²) >= 11 is 5.86. The smallest absolute Gasteiger partial charge is 0.161 e. The van der Waals surface area contributed by atoms with Gasteiger partial charge >= 0.3 is 0 Å². The lowest BCUT2D eigenvalue weighted by atomic mass is 9.85. The summed E-state index contributed by atoms with van der Waals surface area (Å²) in [6.45, 7) is 8.06. The van der Waals surface area contributed by atoms with Crippen LogP contribution < -0.4 is 14.8 Å². The van der Waals surface area contributed by atoms with Gasteiger partial charge in [-0.1, -0.05) is 32.9 Å². The molecule has 1 N–H and O–H groups in total. The molecule has 0 spiro atoms. The Bertz CT molecular complexity index is 390. The van der Waals surface area contributed by atoms with E-state index in [1.807, 2.05) is 24.3 Å². The van der Waals surface area contributed by atoms with E-state index < -0.39 is 0 Å². The van der Waals surface area contributed by atoms with Crippen molar-refractivity contribution < 1.29 is 9.47 Å². The van der Waals surface area contributed by atoms with E-state index in [9.17, 15) is 0 Å². The topological polar surface area (TPSA) is 30.5 Å². The molecule has 0 aromatic heterocycles. The van der Waals surface area contributed by atoms with Gasteiger partial charge in [0.2, 0.25) is 0 Å². The number of nitrogens with one attached hydrogen (secondary N) is 1. The van der Waals surface area contributed by atoms with Crippen LogP contribution in [0.3, 0.4) is 0 Å². The highest BCUT2D eigenvalue weighted by molar-refractivity contribution is 6.17. The lowest BCUT2D eigenvalue weighted by molar-refractivity contribution is 0.234. The van der Waals surface area contributed by atoms with Crippen molar-refractivity contribution in [2.24, 2.45) is 5.41 Å². The van der Waals surface area contributed by atoms with Crippen LogP contribution in [0.4, 0.5) is 0 Å². The number of halogens is 1. The molecule has 1 aromatic rings. The first-order valence-corrected chi connectivity index (χ1v) is 7.57. The molecule has 1 unspecified atom stereocenters. The molecule has 0 aliphatic carbocycles. The highest BCUT2D eigenvalue weighted by Crippen LogP contribution is 2.25. The van der Waals surface area contributed by atoms with Gasteiger partial charge in [0.1, 0.15) is 6.61 Å². The molecule has 114 valence electrons. The second kappa shape index (κ2) is 8.38. The van der Waals surface area contributed by atoms with Crippen molar-refractivity contribution >= 4 is 11.6 Å². The largest absolute Gasteiger partial charge is 0.493 e. The number of para-hydroxylation sites is 2. The van der Waals surface area contributed by atoms with Crippen molar-refractivity contribution in [2.75, 3.05) is 26.1 Å². The second-order valence-corrected chi connectivity index (χ2v) is 6.23. The van der Waals surface area contributed by atoms with Crippen molar-refractivity contribution in [3.05, 3.63) is 24.3 Å². The number of hydrogen-bond donors (Lipinski definition) is 1. The van der Waals surface area contributed by atoms with Crippen molar-refractivity contribution in [2.45, 2.75) is 33.2 Å². The van der Waals surface area contributed by atoms with Crippen LogP contribution in [-0.4, -0.2) is 32.2 Å². The Morgan fingerprint density at radius 2 is 1.85 bits per heavy atom. The molecular weight excluding hydrogens is 274 g/mol. The predicted molar refractivity (Wildman–Crippen MR) is 85.1 cm³/mol. The second-order valence-electron chi connectivity index (χ2n) is 5.85. The van der Waals surface area contributed by atoms with Gasteiger partial charge in [0.15, 0.2) is 11.5 Å². The number of alkyl halides is 1. The normalized spacial score (nSPS) is 13.1. The zero-order valence-electron chi connectivity index (χ0n) is 12.9. The molecule has 0 saturated carbocycles. The zero-order chi connectivity index (χ0) is 15.0. The minimum absolute atomic E-state index is 0.194. The van der Waals surface area contributed by atoms with Gasteiger partial charge in [-0.25, -0.2) is 0 Å². The molecule has 0 saturated heterocycles. The average Bonchev–Trinajstić information content (AvgIpc) is 2.41. The van der Waals surface area contributed by atoms with Gasteiger partial charge in [-0.3, -0.25) is 0 Å². The molecule has 0 bridgehead atoms. The van der Waals surface area contributed by atoms with Gasteiger partial charge in [0.25, 0.3) is 0 Å². The SMILES string of the molecule is COc1ccccc1OCCNC(CCCl)C(C)(C)C. The fourth-order valence-electron chi connectivity index (χ4n) is 2.08. The Labute approximate surface area is 127 Å². The summed E-state index contributed by atoms with van der Waals surface area (Å²) in [5.41, 5.74) is 0.194. The zero-order valence-corrected chi connectivity index (χ0v) is 13.7. The maximum Gasteiger partial charge on any atom is 0.161 e. The first-order chi connectivity index (χ1) is 9.49. The molecule has 20 heavy (non-hydrogen) atoms. The van der Waals surface area contributed by atoms with Crippen molar-refractivity contribution in [1.29, 1.82) is 0 Å². The van der Waals surface area contributed by atoms with Crippen LogP contribution >= 0.6 is 11.6 Å². The van der Waals surface area contributed by atoms with Gasteiger partial charge in [-0.2, -0.15) is 0 Å². The fraction of sp³-hybridized carbons (Fsp3) is 0.625. The summed E-state index contributed by atoms with van der Waals surface area (Å²) in [4.78, 5) is 0. The third-order valence-electron chi connectivity index (χ3n) is 3.26. The lowest BCUT2D eigenvalue weighted by Gasteiger charge is -2.31. The van der Waals surface area contributed by atoms with Gasteiger partial charge in [0.05, 0.1) is 7.11 Å². The average molecular weight is 300 g/mol. The molecule has 0 aliphatic rings. The maximum absolute atomic E-state index is 5.86. The lowest BCUT2D eigenvalue weighted by Crippen LogP contribution is -2.42. The van der Waals surface area contributed by atoms with Gasteiger partial charge in [0, 0.05) is 18.5 Å². The van der Waals surface area contributed by atoms with Crippen LogP contribution in [0.2, 0.25) is 0 Å². The molecule has 0 fully saturated rings. The minimum Gasteiger partial charge on any atom is -0.493 e. The van der Waals surface area contributed by atoms with E-state index in [-0.39, 0.29) is 5.41 Å². The van der Waals surface area contributed by atoms with Gasteiger partial charge in [-0.15, -0.1) is 11.6 Å². The molecule has 0 amide bonds. The first kappa shape index (κ1) is 17.1.